The van der Waals surface area contributed by atoms with Gasteiger partial charge in [0.1, 0.15) is 6.10 Å². The molecule has 0 bridgehead atoms. The highest BCUT2D eigenvalue weighted by molar-refractivity contribution is 5.94. The van der Waals surface area contributed by atoms with Crippen molar-refractivity contribution in [1.82, 2.24) is 0 Å². The molecule has 0 aromatic heterocycles. The van der Waals surface area contributed by atoms with Gasteiger partial charge in [0.15, 0.2) is 0 Å². The molecule has 1 atom stereocenters. The summed E-state index contributed by atoms with van der Waals surface area (Å²) in [6.07, 6.45) is 0.462. The van der Waals surface area contributed by atoms with Crippen LogP contribution in [0.3, 0.4) is 0 Å². The van der Waals surface area contributed by atoms with Crippen molar-refractivity contribution in [3.8, 4) is 0 Å². The molecule has 1 rings (SSSR count). The van der Waals surface area contributed by atoms with Crippen LogP contribution in [0.4, 0.5) is 11.4 Å². The molecule has 0 aliphatic carbocycles. The zero-order chi connectivity index (χ0) is 15.0. The largest absolute Gasteiger partial charge is 0.399 e. The van der Waals surface area contributed by atoms with Crippen molar-refractivity contribution in [1.29, 1.82) is 0 Å². The summed E-state index contributed by atoms with van der Waals surface area (Å²) in [5, 5.41) is 2.83. The molecule has 0 saturated heterocycles. The highest BCUT2D eigenvalue weighted by atomic mass is 16.5. The lowest BCUT2D eigenvalue weighted by molar-refractivity contribution is -0.127. The Kier molecular flexibility index (Phi) is 7.04. The zero-order valence-electron chi connectivity index (χ0n) is 12.4. The van der Waals surface area contributed by atoms with Gasteiger partial charge >= 0.3 is 0 Å². The number of carbonyl (C=O) groups is 1. The average molecular weight is 280 g/mol. The van der Waals surface area contributed by atoms with E-state index in [0.717, 1.165) is 17.7 Å². The van der Waals surface area contributed by atoms with E-state index in [9.17, 15) is 4.79 Å². The van der Waals surface area contributed by atoms with E-state index in [1.54, 1.807) is 19.1 Å². The lowest BCUT2D eigenvalue weighted by Gasteiger charge is -2.15. The first kappa shape index (κ1) is 16.5. The Labute approximate surface area is 120 Å². The fourth-order valence-corrected chi connectivity index (χ4v) is 1.67. The summed E-state index contributed by atoms with van der Waals surface area (Å²) in [6.45, 7) is 7.31. The maximum atomic E-state index is 12.0. The quantitative estimate of drug-likeness (QED) is 0.566. The topological polar surface area (TPSA) is 73.6 Å². The number of nitrogen functional groups attached to an aromatic ring is 1. The van der Waals surface area contributed by atoms with E-state index in [0.29, 0.717) is 25.5 Å². The van der Waals surface area contributed by atoms with Crippen LogP contribution in [-0.2, 0) is 14.3 Å². The van der Waals surface area contributed by atoms with Crippen molar-refractivity contribution in [3.63, 3.8) is 0 Å². The van der Waals surface area contributed by atoms with Crippen LogP contribution >= 0.6 is 0 Å². The number of benzene rings is 1. The molecule has 0 radical (unpaired) electrons. The number of nitrogens with one attached hydrogen (secondary N) is 1. The maximum Gasteiger partial charge on any atom is 0.253 e. The number of hydrogen-bond donors (Lipinski definition) is 2. The summed E-state index contributed by atoms with van der Waals surface area (Å²) in [6, 6.07) is 5.37. The van der Waals surface area contributed by atoms with E-state index in [-0.39, 0.29) is 5.91 Å². The molecule has 5 heteroatoms. The number of carbonyl (C=O) groups excluding carboxylic acids is 1. The zero-order valence-corrected chi connectivity index (χ0v) is 12.4. The van der Waals surface area contributed by atoms with Gasteiger partial charge in [-0.3, -0.25) is 4.79 Å². The standard InChI is InChI=1S/C15H24N2O3/c1-4-7-19-8-9-20-12(3)15(18)17-14-6-5-13(16)10-11(14)2/h5-6,10,12H,4,7-9,16H2,1-3H3,(H,17,18). The van der Waals surface area contributed by atoms with Crippen LogP contribution in [0.2, 0.25) is 0 Å². The number of aryl methyl sites for hydroxylation is 1. The lowest BCUT2D eigenvalue weighted by atomic mass is 10.1. The molecule has 3 N–H and O–H groups in total. The van der Waals surface area contributed by atoms with Crippen LogP contribution in [0.5, 0.6) is 0 Å². The number of hydrogen-bond acceptors (Lipinski definition) is 4. The Morgan fingerprint density at radius 1 is 1.35 bits per heavy atom. The summed E-state index contributed by atoms with van der Waals surface area (Å²) in [5.74, 6) is -0.173. The van der Waals surface area contributed by atoms with Gasteiger partial charge < -0.3 is 20.5 Å². The summed E-state index contributed by atoms with van der Waals surface area (Å²) >= 11 is 0. The summed E-state index contributed by atoms with van der Waals surface area (Å²) in [4.78, 5) is 12.0. The van der Waals surface area contributed by atoms with Crippen LogP contribution in [0.15, 0.2) is 18.2 Å². The summed E-state index contributed by atoms with van der Waals surface area (Å²) in [5.41, 5.74) is 8.03. The molecule has 112 valence electrons. The molecule has 0 aliphatic heterocycles. The second-order valence-electron chi connectivity index (χ2n) is 4.69. The predicted molar refractivity (Wildman–Crippen MR) is 80.7 cm³/mol. The molecule has 5 nitrogen and oxygen atoms in total. The van der Waals surface area contributed by atoms with E-state index < -0.39 is 6.10 Å². The number of anilines is 2. The van der Waals surface area contributed by atoms with Gasteiger partial charge in [-0.2, -0.15) is 0 Å². The van der Waals surface area contributed by atoms with Crippen LogP contribution in [-0.4, -0.2) is 31.8 Å². The van der Waals surface area contributed by atoms with Gasteiger partial charge in [0.05, 0.1) is 13.2 Å². The Morgan fingerprint density at radius 2 is 2.10 bits per heavy atom. The predicted octanol–water partition coefficient (Wildman–Crippen LogP) is 2.35. The van der Waals surface area contributed by atoms with Gasteiger partial charge in [-0.1, -0.05) is 6.92 Å². The first-order valence-electron chi connectivity index (χ1n) is 6.91. The first-order chi connectivity index (χ1) is 9.54. The Bertz CT molecular complexity index is 435. The van der Waals surface area contributed by atoms with E-state index in [1.165, 1.54) is 0 Å². The van der Waals surface area contributed by atoms with E-state index in [1.807, 2.05) is 19.9 Å². The second-order valence-corrected chi connectivity index (χ2v) is 4.69. The van der Waals surface area contributed by atoms with Gasteiger partial charge in [0.25, 0.3) is 5.91 Å². The molecular formula is C15H24N2O3. The number of nitrogens with two attached hydrogens (primary N) is 1. The number of ether oxygens (including phenoxy) is 2. The SMILES string of the molecule is CCCOCCOC(C)C(=O)Nc1ccc(N)cc1C. The lowest BCUT2D eigenvalue weighted by Crippen LogP contribution is -2.29. The Hall–Kier alpha value is -1.59. The third-order valence-electron chi connectivity index (χ3n) is 2.82. The summed E-state index contributed by atoms with van der Waals surface area (Å²) in [7, 11) is 0. The smallest absolute Gasteiger partial charge is 0.253 e. The number of rotatable bonds is 8. The monoisotopic (exact) mass is 280 g/mol. The number of amides is 1. The van der Waals surface area contributed by atoms with Gasteiger partial charge in [-0.05, 0) is 44.0 Å². The van der Waals surface area contributed by atoms with E-state index in [2.05, 4.69) is 5.32 Å². The second kappa shape index (κ2) is 8.55. The van der Waals surface area contributed by atoms with Crippen molar-refractivity contribution in [2.24, 2.45) is 0 Å². The molecule has 0 saturated carbocycles. The summed E-state index contributed by atoms with van der Waals surface area (Å²) < 4.78 is 10.7. The highest BCUT2D eigenvalue weighted by Gasteiger charge is 2.14. The third-order valence-corrected chi connectivity index (χ3v) is 2.82. The van der Waals surface area contributed by atoms with E-state index >= 15 is 0 Å². The minimum absolute atomic E-state index is 0.173. The molecule has 1 unspecified atom stereocenters. The maximum absolute atomic E-state index is 12.0. The minimum Gasteiger partial charge on any atom is -0.399 e. The normalized spacial score (nSPS) is 12.2. The Balaban J connectivity index is 2.37. The van der Waals surface area contributed by atoms with Crippen molar-refractivity contribution in [3.05, 3.63) is 23.8 Å². The molecule has 0 heterocycles. The average Bonchev–Trinajstić information content (AvgIpc) is 2.41. The fourth-order valence-electron chi connectivity index (χ4n) is 1.67. The van der Waals surface area contributed by atoms with Gasteiger partial charge in [0.2, 0.25) is 0 Å². The van der Waals surface area contributed by atoms with Crippen molar-refractivity contribution in [2.75, 3.05) is 30.9 Å². The molecule has 1 aromatic rings. The minimum atomic E-state index is -0.517. The highest BCUT2D eigenvalue weighted by Crippen LogP contribution is 2.17. The third kappa shape index (κ3) is 5.59. The molecule has 1 amide bonds. The van der Waals surface area contributed by atoms with Crippen molar-refractivity contribution >= 4 is 17.3 Å². The molecule has 0 fully saturated rings. The first-order valence-corrected chi connectivity index (χ1v) is 6.91. The van der Waals surface area contributed by atoms with Crippen LogP contribution in [0, 0.1) is 6.92 Å². The molecule has 0 spiro atoms. The van der Waals surface area contributed by atoms with Crippen molar-refractivity contribution < 1.29 is 14.3 Å². The van der Waals surface area contributed by atoms with Gasteiger partial charge in [-0.25, -0.2) is 0 Å². The Morgan fingerprint density at radius 3 is 2.75 bits per heavy atom. The van der Waals surface area contributed by atoms with Crippen LogP contribution < -0.4 is 11.1 Å². The fraction of sp³-hybridized carbons (Fsp3) is 0.533. The molecule has 0 aliphatic rings. The van der Waals surface area contributed by atoms with Crippen LogP contribution in [0.1, 0.15) is 25.8 Å². The molecule has 1 aromatic carbocycles. The van der Waals surface area contributed by atoms with Crippen molar-refractivity contribution in [2.45, 2.75) is 33.3 Å². The van der Waals surface area contributed by atoms with Gasteiger partial charge in [0, 0.05) is 18.0 Å². The van der Waals surface area contributed by atoms with Gasteiger partial charge in [-0.15, -0.1) is 0 Å². The molecular weight excluding hydrogens is 256 g/mol. The molecule has 20 heavy (non-hydrogen) atoms. The van der Waals surface area contributed by atoms with E-state index in [4.69, 9.17) is 15.2 Å². The van der Waals surface area contributed by atoms with Crippen LogP contribution in [0.25, 0.3) is 0 Å².